The van der Waals surface area contributed by atoms with Crippen molar-refractivity contribution in [2.45, 2.75) is 19.9 Å². The first-order chi connectivity index (χ1) is 10.4. The highest BCUT2D eigenvalue weighted by atomic mass is 32.2. The summed E-state index contributed by atoms with van der Waals surface area (Å²) in [6.45, 7) is 3.26. The number of hydrogen-bond donors (Lipinski definition) is 0. The van der Waals surface area contributed by atoms with E-state index in [2.05, 4.69) is 0 Å². The highest BCUT2D eigenvalue weighted by Gasteiger charge is 2.35. The van der Waals surface area contributed by atoms with E-state index in [0.717, 1.165) is 27.8 Å². The van der Waals surface area contributed by atoms with Gasteiger partial charge in [0.15, 0.2) is 0 Å². The molecule has 1 aliphatic heterocycles. The molecule has 0 unspecified atom stereocenters. The van der Waals surface area contributed by atoms with Crippen molar-refractivity contribution in [1.29, 1.82) is 0 Å². The summed E-state index contributed by atoms with van der Waals surface area (Å²) in [4.78, 5) is 24.7. The van der Waals surface area contributed by atoms with Gasteiger partial charge in [0.2, 0.25) is 0 Å². The Morgan fingerprint density at radius 1 is 1.36 bits per heavy atom. The van der Waals surface area contributed by atoms with E-state index in [1.807, 2.05) is 43.3 Å². The van der Waals surface area contributed by atoms with Gasteiger partial charge < -0.3 is 9.90 Å². The van der Waals surface area contributed by atoms with Gasteiger partial charge in [0, 0.05) is 0 Å². The minimum atomic E-state index is -1.32. The second kappa shape index (κ2) is 6.89. The van der Waals surface area contributed by atoms with Crippen molar-refractivity contribution in [1.82, 2.24) is 4.90 Å². The van der Waals surface area contributed by atoms with E-state index in [-0.39, 0.29) is 4.32 Å². The fraction of sp³-hybridized carbons (Fsp3) is 0.188. The molecule has 0 bridgehead atoms. The van der Waals surface area contributed by atoms with Crippen LogP contribution in [0.1, 0.15) is 19.4 Å². The lowest BCUT2D eigenvalue weighted by Gasteiger charge is -2.23. The van der Waals surface area contributed by atoms with E-state index < -0.39 is 17.9 Å². The van der Waals surface area contributed by atoms with Crippen molar-refractivity contribution >= 4 is 46.3 Å². The van der Waals surface area contributed by atoms with Crippen molar-refractivity contribution in [3.8, 4) is 0 Å². The Labute approximate surface area is 138 Å². The number of carbonyl (C=O) groups is 2. The summed E-state index contributed by atoms with van der Waals surface area (Å²) in [5, 5.41) is 10.9. The zero-order valence-corrected chi connectivity index (χ0v) is 13.7. The maximum atomic E-state index is 12.3. The number of carboxylic acids is 1. The molecule has 0 aromatic heterocycles. The molecule has 0 N–H and O–H groups in total. The Morgan fingerprint density at radius 2 is 2.00 bits per heavy atom. The fourth-order valence-corrected chi connectivity index (χ4v) is 3.45. The lowest BCUT2D eigenvalue weighted by Crippen LogP contribution is -2.48. The number of carboxylic acid groups (broad SMARTS) is 1. The molecule has 1 aromatic rings. The molecule has 1 atom stereocenters. The third kappa shape index (κ3) is 3.64. The van der Waals surface area contributed by atoms with E-state index in [4.69, 9.17) is 12.2 Å². The normalized spacial score (nSPS) is 18.9. The standard InChI is InChI=1S/C16H15NO3S2/c1-10(8-12-6-4-3-5-7-12)9-13-14(18)17(16(21)22-13)11(2)15(19)20/h3-9,11H,1-2H3,(H,19,20)/p-1/t11-/m1/s1. The highest BCUT2D eigenvalue weighted by molar-refractivity contribution is 8.26. The highest BCUT2D eigenvalue weighted by Crippen LogP contribution is 2.33. The van der Waals surface area contributed by atoms with E-state index in [1.165, 1.54) is 6.92 Å². The summed E-state index contributed by atoms with van der Waals surface area (Å²) in [7, 11) is 0. The number of amides is 1. The molecule has 4 nitrogen and oxygen atoms in total. The molecule has 2 rings (SSSR count). The Bertz CT molecular complexity index is 680. The van der Waals surface area contributed by atoms with Gasteiger partial charge >= 0.3 is 0 Å². The summed E-state index contributed by atoms with van der Waals surface area (Å²) in [6, 6.07) is 8.64. The summed E-state index contributed by atoms with van der Waals surface area (Å²) in [6.07, 6.45) is 3.66. The molecule has 1 amide bonds. The third-order valence-electron chi connectivity index (χ3n) is 3.10. The molecular formula is C16H14NO3S2-. The summed E-state index contributed by atoms with van der Waals surface area (Å²) >= 11 is 6.19. The lowest BCUT2D eigenvalue weighted by molar-refractivity contribution is -0.309. The molecular weight excluding hydrogens is 318 g/mol. The zero-order valence-electron chi connectivity index (χ0n) is 12.1. The van der Waals surface area contributed by atoms with Crippen LogP contribution in [0.15, 0.2) is 46.9 Å². The monoisotopic (exact) mass is 332 g/mol. The van der Waals surface area contributed by atoms with Crippen LogP contribution in [0.2, 0.25) is 0 Å². The number of benzene rings is 1. The smallest absolute Gasteiger partial charge is 0.266 e. The fourth-order valence-electron chi connectivity index (χ4n) is 1.98. The Kier molecular flexibility index (Phi) is 5.15. The van der Waals surface area contributed by atoms with Gasteiger partial charge in [0.25, 0.3) is 5.91 Å². The molecule has 22 heavy (non-hydrogen) atoms. The minimum absolute atomic E-state index is 0.237. The first kappa shape index (κ1) is 16.5. The second-order valence-electron chi connectivity index (χ2n) is 4.85. The molecule has 114 valence electrons. The minimum Gasteiger partial charge on any atom is -0.548 e. The van der Waals surface area contributed by atoms with Crippen LogP contribution in [0, 0.1) is 0 Å². The van der Waals surface area contributed by atoms with Crippen LogP contribution < -0.4 is 5.11 Å². The van der Waals surface area contributed by atoms with Crippen LogP contribution in [-0.4, -0.2) is 27.1 Å². The van der Waals surface area contributed by atoms with E-state index in [9.17, 15) is 14.7 Å². The topological polar surface area (TPSA) is 60.4 Å². The van der Waals surface area contributed by atoms with Gasteiger partial charge in [-0.05, 0) is 31.1 Å². The first-order valence-electron chi connectivity index (χ1n) is 6.61. The number of thioether (sulfide) groups is 1. The van der Waals surface area contributed by atoms with Gasteiger partial charge in [-0.15, -0.1) is 0 Å². The van der Waals surface area contributed by atoms with Gasteiger partial charge in [-0.2, -0.15) is 0 Å². The zero-order chi connectivity index (χ0) is 16.3. The number of allylic oxidation sites excluding steroid dienone is 2. The van der Waals surface area contributed by atoms with Crippen LogP contribution in [0.25, 0.3) is 6.08 Å². The molecule has 0 spiro atoms. The molecule has 1 saturated heterocycles. The second-order valence-corrected chi connectivity index (χ2v) is 6.52. The number of thiocarbonyl (C=S) groups is 1. The molecule has 1 aliphatic rings. The summed E-state index contributed by atoms with van der Waals surface area (Å²) < 4.78 is 0.237. The first-order valence-corrected chi connectivity index (χ1v) is 7.84. The van der Waals surface area contributed by atoms with Gasteiger partial charge in [-0.1, -0.05) is 60.4 Å². The number of rotatable bonds is 4. The number of nitrogens with zero attached hydrogens (tertiary/aromatic N) is 1. The Hall–Kier alpha value is -1.92. The van der Waals surface area contributed by atoms with Crippen LogP contribution in [0.5, 0.6) is 0 Å². The van der Waals surface area contributed by atoms with Gasteiger partial charge in [-0.3, -0.25) is 9.69 Å². The number of carbonyl (C=O) groups excluding carboxylic acids is 2. The largest absolute Gasteiger partial charge is 0.548 e. The quantitative estimate of drug-likeness (QED) is 0.623. The third-order valence-corrected chi connectivity index (χ3v) is 4.44. The molecule has 0 saturated carbocycles. The summed E-state index contributed by atoms with van der Waals surface area (Å²) in [5.41, 5.74) is 1.91. The predicted octanol–water partition coefficient (Wildman–Crippen LogP) is 1.97. The molecule has 1 heterocycles. The lowest BCUT2D eigenvalue weighted by atomic mass is 10.1. The number of aliphatic carboxylic acids is 1. The average Bonchev–Trinajstić information content (AvgIpc) is 2.73. The SMILES string of the molecule is CC(=Cc1ccccc1)C=C1SC(=S)N([C@H](C)C(=O)[O-])C1=O. The molecule has 0 aliphatic carbocycles. The average molecular weight is 332 g/mol. The molecule has 1 fully saturated rings. The maximum absolute atomic E-state index is 12.3. The van der Waals surface area contributed by atoms with Crippen molar-refractivity contribution < 1.29 is 14.7 Å². The van der Waals surface area contributed by atoms with Gasteiger partial charge in [0.05, 0.1) is 16.9 Å². The van der Waals surface area contributed by atoms with Crippen LogP contribution in [0.4, 0.5) is 0 Å². The van der Waals surface area contributed by atoms with E-state index in [1.54, 1.807) is 6.08 Å². The van der Waals surface area contributed by atoms with Gasteiger partial charge in [-0.25, -0.2) is 0 Å². The number of hydrogen-bond acceptors (Lipinski definition) is 5. The molecule has 6 heteroatoms. The predicted molar refractivity (Wildman–Crippen MR) is 89.7 cm³/mol. The Morgan fingerprint density at radius 3 is 2.59 bits per heavy atom. The van der Waals surface area contributed by atoms with E-state index >= 15 is 0 Å². The van der Waals surface area contributed by atoms with Crippen molar-refractivity contribution in [2.24, 2.45) is 0 Å². The van der Waals surface area contributed by atoms with Gasteiger partial charge in [0.1, 0.15) is 4.32 Å². The molecule has 1 aromatic carbocycles. The van der Waals surface area contributed by atoms with Crippen LogP contribution in [-0.2, 0) is 9.59 Å². The van der Waals surface area contributed by atoms with E-state index in [0.29, 0.717) is 4.91 Å². The van der Waals surface area contributed by atoms with Crippen molar-refractivity contribution in [3.05, 3.63) is 52.4 Å². The Balaban J connectivity index is 2.23. The van der Waals surface area contributed by atoms with Crippen LogP contribution >= 0.6 is 24.0 Å². The summed E-state index contributed by atoms with van der Waals surface area (Å²) in [5.74, 6) is -1.72. The maximum Gasteiger partial charge on any atom is 0.266 e. The van der Waals surface area contributed by atoms with Crippen molar-refractivity contribution in [2.75, 3.05) is 0 Å². The van der Waals surface area contributed by atoms with Crippen molar-refractivity contribution in [3.63, 3.8) is 0 Å². The van der Waals surface area contributed by atoms with Crippen LogP contribution in [0.3, 0.4) is 0 Å². The molecule has 0 radical (unpaired) electrons.